The molecule has 0 radical (unpaired) electrons. The van der Waals surface area contributed by atoms with Crippen LogP contribution in [0.15, 0.2) is 66.0 Å². The van der Waals surface area contributed by atoms with Crippen molar-refractivity contribution < 1.29 is 19.1 Å². The molecule has 0 aliphatic carbocycles. The molecule has 3 amide bonds. The molecule has 3 aromatic rings. The Hall–Kier alpha value is -4.18. The summed E-state index contributed by atoms with van der Waals surface area (Å²) in [6, 6.07) is 17.7. The highest BCUT2D eigenvalue weighted by Gasteiger charge is 2.13. The first kappa shape index (κ1) is 23.5. The molecule has 1 aromatic heterocycles. The van der Waals surface area contributed by atoms with E-state index in [2.05, 4.69) is 10.6 Å². The summed E-state index contributed by atoms with van der Waals surface area (Å²) >= 11 is 1.38. The lowest BCUT2D eigenvalue weighted by Gasteiger charge is -2.17. The Morgan fingerprint density at radius 1 is 1.03 bits per heavy atom. The van der Waals surface area contributed by atoms with E-state index in [0.717, 1.165) is 4.88 Å². The number of nitrogens with one attached hydrogen (secondary N) is 3. The second-order valence-electron chi connectivity index (χ2n) is 6.91. The smallest absolute Gasteiger partial charge is 0.240 e. The van der Waals surface area contributed by atoms with E-state index >= 15 is 0 Å². The molecule has 0 aliphatic heterocycles. The predicted octanol–water partition coefficient (Wildman–Crippen LogP) is 2.22. The minimum absolute atomic E-state index is 0.0332. The Labute approximate surface area is 194 Å². The first-order valence-corrected chi connectivity index (χ1v) is 10.8. The Kier molecular flexibility index (Phi) is 8.14. The van der Waals surface area contributed by atoms with Crippen LogP contribution in [0.4, 0.5) is 5.69 Å². The molecule has 10 heteroatoms. The van der Waals surface area contributed by atoms with Crippen LogP contribution in [0.3, 0.4) is 0 Å². The summed E-state index contributed by atoms with van der Waals surface area (Å²) in [5, 5.41) is 14.3. The van der Waals surface area contributed by atoms with Gasteiger partial charge in [-0.3, -0.25) is 19.8 Å². The van der Waals surface area contributed by atoms with E-state index in [1.165, 1.54) is 16.2 Å². The summed E-state index contributed by atoms with van der Waals surface area (Å²) in [7, 11) is 0. The highest BCUT2D eigenvalue weighted by Crippen LogP contribution is 2.23. The lowest BCUT2D eigenvalue weighted by atomic mass is 10.2. The highest BCUT2D eigenvalue weighted by atomic mass is 32.1. The van der Waals surface area contributed by atoms with Gasteiger partial charge in [-0.2, -0.15) is 0 Å². The van der Waals surface area contributed by atoms with E-state index < -0.39 is 5.91 Å². The average Bonchev–Trinajstić information content (AvgIpc) is 3.31. The lowest BCUT2D eigenvalue weighted by Crippen LogP contribution is -2.41. The average molecular weight is 466 g/mol. The first-order valence-electron chi connectivity index (χ1n) is 9.94. The van der Waals surface area contributed by atoms with Crippen molar-refractivity contribution in [1.82, 2.24) is 10.6 Å². The Morgan fingerprint density at radius 2 is 1.73 bits per heavy atom. The molecular formula is C23H23N5O4S. The summed E-state index contributed by atoms with van der Waals surface area (Å²) in [5.74, 6) is 0.402. The number of para-hydroxylation sites is 1. The Balaban J connectivity index is 1.44. The summed E-state index contributed by atoms with van der Waals surface area (Å²) in [4.78, 5) is 37.7. The van der Waals surface area contributed by atoms with Gasteiger partial charge < -0.3 is 26.0 Å². The van der Waals surface area contributed by atoms with Crippen LogP contribution in [0.1, 0.15) is 10.4 Å². The van der Waals surface area contributed by atoms with Crippen molar-refractivity contribution >= 4 is 41.1 Å². The number of rotatable bonds is 11. The maximum Gasteiger partial charge on any atom is 0.240 e. The van der Waals surface area contributed by atoms with Crippen LogP contribution < -0.4 is 26.0 Å². The van der Waals surface area contributed by atoms with Crippen molar-refractivity contribution in [2.24, 2.45) is 5.73 Å². The molecule has 3 rings (SSSR count). The number of benzene rings is 2. The third kappa shape index (κ3) is 7.18. The second-order valence-corrected chi connectivity index (χ2v) is 7.91. The van der Waals surface area contributed by atoms with E-state index in [0.29, 0.717) is 29.2 Å². The quantitative estimate of drug-likeness (QED) is 0.195. The van der Waals surface area contributed by atoms with Crippen molar-refractivity contribution in [2.45, 2.75) is 6.54 Å². The van der Waals surface area contributed by atoms with Gasteiger partial charge in [0.2, 0.25) is 18.2 Å². The van der Waals surface area contributed by atoms with Gasteiger partial charge in [-0.25, -0.2) is 0 Å². The number of carbonyl (C=O) groups is 3. The molecule has 0 atom stereocenters. The molecule has 170 valence electrons. The lowest BCUT2D eigenvalue weighted by molar-refractivity contribution is -0.125. The number of amidine groups is 1. The first-order chi connectivity index (χ1) is 15.9. The highest BCUT2D eigenvalue weighted by molar-refractivity contribution is 7.10. The number of anilines is 1. The van der Waals surface area contributed by atoms with Gasteiger partial charge in [0, 0.05) is 21.5 Å². The van der Waals surface area contributed by atoms with E-state index in [1.54, 1.807) is 35.7 Å². The minimum Gasteiger partial charge on any atom is -0.457 e. The molecule has 2 aromatic carbocycles. The van der Waals surface area contributed by atoms with Crippen LogP contribution >= 0.6 is 11.3 Å². The predicted molar refractivity (Wildman–Crippen MR) is 127 cm³/mol. The van der Waals surface area contributed by atoms with Crippen molar-refractivity contribution in [1.29, 1.82) is 5.41 Å². The molecule has 0 saturated carbocycles. The summed E-state index contributed by atoms with van der Waals surface area (Å²) in [6.45, 7) is -0.187. The number of nitrogens with two attached hydrogens (primary N) is 1. The van der Waals surface area contributed by atoms with Crippen LogP contribution in [-0.2, 0) is 20.9 Å². The molecule has 0 unspecified atom stereocenters. The number of hydrogen-bond acceptors (Lipinski definition) is 6. The van der Waals surface area contributed by atoms with Crippen LogP contribution in [0.25, 0.3) is 0 Å². The fourth-order valence-electron chi connectivity index (χ4n) is 2.77. The molecule has 0 bridgehead atoms. The molecule has 0 aliphatic rings. The number of carbonyl (C=O) groups excluding carboxylic acids is 3. The molecule has 5 N–H and O–H groups in total. The van der Waals surface area contributed by atoms with E-state index in [-0.39, 0.29) is 31.4 Å². The Morgan fingerprint density at radius 3 is 2.36 bits per heavy atom. The van der Waals surface area contributed by atoms with Gasteiger partial charge in [-0.05, 0) is 42.5 Å². The number of nitrogens with zero attached hydrogens (tertiary/aromatic N) is 1. The number of hydrogen-bond donors (Lipinski definition) is 4. The standard InChI is InChI=1S/C23H23N5O4S/c24-23(25)16-10-20(33-14-16)11-26-21(30)12-27-22(31)13-28(15-29)17-6-8-19(9-7-17)32-18-4-2-1-3-5-18/h1-10,14-15H,11-13H2,(H3,24,25)(H,26,30)(H,27,31). The SMILES string of the molecule is N=C(N)c1csc(CNC(=O)CNC(=O)CN(C=O)c2ccc(Oc3ccccc3)cc2)c1. The van der Waals surface area contributed by atoms with Crippen LogP contribution in [0.5, 0.6) is 11.5 Å². The number of thiophene rings is 1. The molecule has 0 saturated heterocycles. The van der Waals surface area contributed by atoms with Crippen LogP contribution in [0, 0.1) is 5.41 Å². The van der Waals surface area contributed by atoms with Gasteiger partial charge in [-0.15, -0.1) is 11.3 Å². The van der Waals surface area contributed by atoms with E-state index in [1.807, 2.05) is 30.3 Å². The maximum absolute atomic E-state index is 12.2. The molecule has 1 heterocycles. The van der Waals surface area contributed by atoms with Gasteiger partial charge in [0.15, 0.2) is 0 Å². The third-order valence-electron chi connectivity index (χ3n) is 4.46. The molecule has 0 spiro atoms. The summed E-state index contributed by atoms with van der Waals surface area (Å²) in [6.07, 6.45) is 0.552. The van der Waals surface area contributed by atoms with Crippen molar-refractivity contribution in [3.8, 4) is 11.5 Å². The molecule has 0 fully saturated rings. The topological polar surface area (TPSA) is 138 Å². The van der Waals surface area contributed by atoms with Gasteiger partial charge in [0.1, 0.15) is 23.9 Å². The summed E-state index contributed by atoms with van der Waals surface area (Å²) < 4.78 is 5.71. The van der Waals surface area contributed by atoms with E-state index in [9.17, 15) is 14.4 Å². The van der Waals surface area contributed by atoms with Crippen molar-refractivity contribution in [3.63, 3.8) is 0 Å². The molecule has 9 nitrogen and oxygen atoms in total. The van der Waals surface area contributed by atoms with Crippen LogP contribution in [-0.4, -0.2) is 37.1 Å². The second kappa shape index (κ2) is 11.4. The third-order valence-corrected chi connectivity index (χ3v) is 5.40. The van der Waals surface area contributed by atoms with Gasteiger partial charge in [0.05, 0.1) is 13.1 Å². The number of nitrogen functional groups attached to an aromatic ring is 1. The van der Waals surface area contributed by atoms with E-state index in [4.69, 9.17) is 15.9 Å². The van der Waals surface area contributed by atoms with Crippen molar-refractivity contribution in [3.05, 3.63) is 76.5 Å². The van der Waals surface area contributed by atoms with Gasteiger partial charge >= 0.3 is 0 Å². The number of amides is 3. The fraction of sp³-hybridized carbons (Fsp3) is 0.130. The Bertz CT molecular complexity index is 1120. The fourth-order valence-corrected chi connectivity index (χ4v) is 3.60. The monoisotopic (exact) mass is 465 g/mol. The minimum atomic E-state index is -0.475. The zero-order valence-corrected chi connectivity index (χ0v) is 18.4. The van der Waals surface area contributed by atoms with Gasteiger partial charge in [-0.1, -0.05) is 18.2 Å². The largest absolute Gasteiger partial charge is 0.457 e. The van der Waals surface area contributed by atoms with Crippen LogP contribution in [0.2, 0.25) is 0 Å². The zero-order chi connectivity index (χ0) is 23.6. The molecule has 33 heavy (non-hydrogen) atoms. The van der Waals surface area contributed by atoms with Gasteiger partial charge in [0.25, 0.3) is 0 Å². The number of ether oxygens (including phenoxy) is 1. The summed E-state index contributed by atoms with van der Waals surface area (Å²) in [5.41, 5.74) is 6.54. The normalized spacial score (nSPS) is 10.2. The maximum atomic E-state index is 12.2. The van der Waals surface area contributed by atoms with Crippen molar-refractivity contribution in [2.75, 3.05) is 18.0 Å². The zero-order valence-electron chi connectivity index (χ0n) is 17.6. The molecular weight excluding hydrogens is 442 g/mol.